The molecule has 0 amide bonds. The molecule has 0 radical (unpaired) electrons. The van der Waals surface area contributed by atoms with Gasteiger partial charge in [0, 0.05) is 30.0 Å². The maximum absolute atomic E-state index is 5.76. The van der Waals surface area contributed by atoms with Crippen LogP contribution in [0.15, 0.2) is 24.3 Å². The summed E-state index contributed by atoms with van der Waals surface area (Å²) in [6.07, 6.45) is 2.51. The molecule has 3 aromatic rings. The van der Waals surface area contributed by atoms with E-state index in [1.54, 1.807) is 7.11 Å². The Labute approximate surface area is 159 Å². The van der Waals surface area contributed by atoms with Gasteiger partial charge in [0.2, 0.25) is 0 Å². The fourth-order valence-electron chi connectivity index (χ4n) is 3.67. The molecule has 0 bridgehead atoms. The Hall–Kier alpha value is -2.60. The fraction of sp³-hybridized carbons (Fsp3) is 0.429. The molecule has 1 aliphatic rings. The Morgan fingerprint density at radius 1 is 1.19 bits per heavy atom. The third-order valence-corrected chi connectivity index (χ3v) is 5.32. The van der Waals surface area contributed by atoms with Crippen LogP contribution in [-0.4, -0.2) is 41.0 Å². The Morgan fingerprint density at radius 3 is 2.63 bits per heavy atom. The van der Waals surface area contributed by atoms with Crippen LogP contribution in [0.3, 0.4) is 0 Å². The molecule has 27 heavy (non-hydrogen) atoms. The monoisotopic (exact) mass is 366 g/mol. The molecule has 0 spiro atoms. The average molecular weight is 366 g/mol. The van der Waals surface area contributed by atoms with Gasteiger partial charge in [0.1, 0.15) is 11.6 Å². The normalized spacial score (nSPS) is 16.8. The van der Waals surface area contributed by atoms with Crippen LogP contribution in [0, 0.1) is 20.8 Å². The minimum atomic E-state index is 0.269. The van der Waals surface area contributed by atoms with Crippen LogP contribution in [0.2, 0.25) is 0 Å². The molecule has 1 atom stereocenters. The Morgan fingerprint density at radius 2 is 1.96 bits per heavy atom. The third-order valence-electron chi connectivity index (χ3n) is 5.32. The zero-order valence-corrected chi connectivity index (χ0v) is 16.4. The molecule has 4 rings (SSSR count). The molecule has 6 heteroatoms. The number of nitrogens with one attached hydrogen (secondary N) is 1. The summed E-state index contributed by atoms with van der Waals surface area (Å²) in [7, 11) is 1.68. The van der Waals surface area contributed by atoms with Crippen LogP contribution in [-0.2, 0) is 4.74 Å². The quantitative estimate of drug-likeness (QED) is 0.742. The fourth-order valence-corrected chi connectivity index (χ4v) is 3.67. The van der Waals surface area contributed by atoms with E-state index in [0.717, 1.165) is 71.3 Å². The molecule has 0 saturated carbocycles. The summed E-state index contributed by atoms with van der Waals surface area (Å²) in [5.41, 5.74) is 6.09. The molecule has 142 valence electrons. The summed E-state index contributed by atoms with van der Waals surface area (Å²) in [5, 5.41) is 8.36. The van der Waals surface area contributed by atoms with Crippen molar-refractivity contribution in [2.24, 2.45) is 0 Å². The molecule has 3 heterocycles. The minimum absolute atomic E-state index is 0.269. The molecule has 6 nitrogen and oxygen atoms in total. The van der Waals surface area contributed by atoms with E-state index in [1.807, 2.05) is 30.5 Å². The summed E-state index contributed by atoms with van der Waals surface area (Å²) >= 11 is 0. The van der Waals surface area contributed by atoms with E-state index < -0.39 is 0 Å². The van der Waals surface area contributed by atoms with Crippen LogP contribution in [0.5, 0.6) is 5.75 Å². The number of rotatable bonds is 5. The zero-order valence-electron chi connectivity index (χ0n) is 16.4. The number of fused-ring (bicyclic) bond motifs is 1. The SMILES string of the molecule is COc1ccc(-c2c(C)nn3c(NC[C@@H]4CCCO4)c(C)c(C)nc23)cc1. The van der Waals surface area contributed by atoms with Crippen LogP contribution < -0.4 is 10.1 Å². The molecule has 0 unspecified atom stereocenters. The van der Waals surface area contributed by atoms with Gasteiger partial charge in [-0.2, -0.15) is 9.61 Å². The van der Waals surface area contributed by atoms with Crippen molar-refractivity contribution >= 4 is 11.5 Å². The first-order chi connectivity index (χ1) is 13.1. The Bertz CT molecular complexity index is 957. The summed E-state index contributed by atoms with van der Waals surface area (Å²) < 4.78 is 13.0. The van der Waals surface area contributed by atoms with Gasteiger partial charge in [-0.15, -0.1) is 0 Å². The topological polar surface area (TPSA) is 60.7 Å². The van der Waals surface area contributed by atoms with Gasteiger partial charge in [0.05, 0.1) is 18.9 Å². The van der Waals surface area contributed by atoms with Crippen LogP contribution in [0.4, 0.5) is 5.82 Å². The Balaban J connectivity index is 1.78. The highest BCUT2D eigenvalue weighted by Gasteiger charge is 2.20. The number of hydrogen-bond acceptors (Lipinski definition) is 5. The van der Waals surface area contributed by atoms with Crippen LogP contribution in [0.25, 0.3) is 16.8 Å². The lowest BCUT2D eigenvalue weighted by molar-refractivity contribution is 0.120. The second-order valence-electron chi connectivity index (χ2n) is 7.11. The van der Waals surface area contributed by atoms with Gasteiger partial charge >= 0.3 is 0 Å². The number of anilines is 1. The largest absolute Gasteiger partial charge is 0.497 e. The highest BCUT2D eigenvalue weighted by Crippen LogP contribution is 2.32. The first kappa shape index (κ1) is 17.8. The maximum Gasteiger partial charge on any atom is 0.165 e. The average Bonchev–Trinajstić information content (AvgIpc) is 3.30. The summed E-state index contributed by atoms with van der Waals surface area (Å²) in [4.78, 5) is 4.85. The van der Waals surface area contributed by atoms with Crippen molar-refractivity contribution in [3.05, 3.63) is 41.2 Å². The van der Waals surface area contributed by atoms with E-state index in [1.165, 1.54) is 0 Å². The molecule has 1 aromatic carbocycles. The summed E-state index contributed by atoms with van der Waals surface area (Å²) in [6, 6.07) is 8.05. The van der Waals surface area contributed by atoms with E-state index >= 15 is 0 Å². The van der Waals surface area contributed by atoms with E-state index in [9.17, 15) is 0 Å². The van der Waals surface area contributed by atoms with Gasteiger partial charge in [-0.3, -0.25) is 0 Å². The second-order valence-corrected chi connectivity index (χ2v) is 7.11. The number of aryl methyl sites for hydroxylation is 2. The smallest absolute Gasteiger partial charge is 0.165 e. The van der Waals surface area contributed by atoms with Gasteiger partial charge in [0.15, 0.2) is 5.65 Å². The molecule has 1 fully saturated rings. The number of ether oxygens (including phenoxy) is 2. The van der Waals surface area contributed by atoms with Gasteiger partial charge in [0.25, 0.3) is 0 Å². The van der Waals surface area contributed by atoms with Gasteiger partial charge in [-0.05, 0) is 51.3 Å². The summed E-state index contributed by atoms with van der Waals surface area (Å²) in [6.45, 7) is 7.81. The van der Waals surface area contributed by atoms with Crippen molar-refractivity contribution in [3.63, 3.8) is 0 Å². The van der Waals surface area contributed by atoms with Gasteiger partial charge in [-0.25, -0.2) is 4.98 Å². The van der Waals surface area contributed by atoms with E-state index in [-0.39, 0.29) is 6.10 Å². The summed E-state index contributed by atoms with van der Waals surface area (Å²) in [5.74, 6) is 1.84. The van der Waals surface area contributed by atoms with Crippen LogP contribution in [0.1, 0.15) is 29.8 Å². The third kappa shape index (κ3) is 3.25. The predicted octanol–water partition coefficient (Wildman–Crippen LogP) is 3.92. The zero-order chi connectivity index (χ0) is 19.0. The van der Waals surface area contributed by atoms with Crippen molar-refractivity contribution in [2.45, 2.75) is 39.7 Å². The predicted molar refractivity (Wildman–Crippen MR) is 107 cm³/mol. The standard InChI is InChI=1S/C21H26N4O2/c1-13-14(2)23-21-19(16-7-9-17(26-4)10-8-16)15(3)24-25(21)20(13)22-12-18-6-5-11-27-18/h7-10,18,22H,5-6,11-12H2,1-4H3/t18-/m0/s1. The molecule has 1 N–H and O–H groups in total. The highest BCUT2D eigenvalue weighted by molar-refractivity contribution is 5.81. The van der Waals surface area contributed by atoms with Crippen molar-refractivity contribution < 1.29 is 9.47 Å². The number of hydrogen-bond donors (Lipinski definition) is 1. The molecule has 2 aromatic heterocycles. The maximum atomic E-state index is 5.76. The first-order valence-electron chi connectivity index (χ1n) is 9.45. The molecular formula is C21H26N4O2. The van der Waals surface area contributed by atoms with Crippen molar-refractivity contribution in [1.29, 1.82) is 0 Å². The second kappa shape index (κ2) is 7.19. The van der Waals surface area contributed by atoms with E-state index in [4.69, 9.17) is 19.6 Å². The first-order valence-corrected chi connectivity index (χ1v) is 9.45. The van der Waals surface area contributed by atoms with Gasteiger partial charge < -0.3 is 14.8 Å². The lowest BCUT2D eigenvalue weighted by Crippen LogP contribution is -2.21. The Kier molecular flexibility index (Phi) is 4.74. The van der Waals surface area contributed by atoms with E-state index in [0.29, 0.717) is 0 Å². The number of methoxy groups -OCH3 is 1. The molecular weight excluding hydrogens is 340 g/mol. The van der Waals surface area contributed by atoms with Gasteiger partial charge in [-0.1, -0.05) is 12.1 Å². The van der Waals surface area contributed by atoms with Crippen molar-refractivity contribution in [2.75, 3.05) is 25.6 Å². The number of benzene rings is 1. The molecule has 1 saturated heterocycles. The number of aromatic nitrogens is 3. The van der Waals surface area contributed by atoms with Crippen LogP contribution >= 0.6 is 0 Å². The van der Waals surface area contributed by atoms with Crippen molar-refractivity contribution in [1.82, 2.24) is 14.6 Å². The lowest BCUT2D eigenvalue weighted by atomic mass is 10.1. The molecule has 0 aliphatic carbocycles. The van der Waals surface area contributed by atoms with Crippen molar-refractivity contribution in [3.8, 4) is 16.9 Å². The highest BCUT2D eigenvalue weighted by atomic mass is 16.5. The van der Waals surface area contributed by atoms with E-state index in [2.05, 4.69) is 24.4 Å². The number of nitrogens with zero attached hydrogens (tertiary/aromatic N) is 3. The lowest BCUT2D eigenvalue weighted by Gasteiger charge is -2.16. The molecule has 1 aliphatic heterocycles. The minimum Gasteiger partial charge on any atom is -0.497 e.